The Hall–Kier alpha value is -1.78. The Balaban J connectivity index is 2.80. The van der Waals surface area contributed by atoms with Crippen molar-refractivity contribution in [1.29, 1.82) is 0 Å². The predicted octanol–water partition coefficient (Wildman–Crippen LogP) is 3.08. The minimum atomic E-state index is -0.397. The molecule has 0 spiro atoms. The van der Waals surface area contributed by atoms with E-state index in [-0.39, 0.29) is 6.04 Å². The molecule has 0 aliphatic heterocycles. The number of aromatic nitrogens is 1. The summed E-state index contributed by atoms with van der Waals surface area (Å²) in [6, 6.07) is 1.84. The van der Waals surface area contributed by atoms with Crippen molar-refractivity contribution in [3.63, 3.8) is 0 Å². The molecule has 1 heterocycles. The van der Waals surface area contributed by atoms with Crippen LogP contribution in [0, 0.1) is 5.92 Å². The molecule has 3 N–H and O–H groups in total. The SMILES string of the molecule is CCOC(=O)c1cc(N)cnc1NC(C)CCC(C)C. The first-order valence-corrected chi connectivity index (χ1v) is 7.13. The summed E-state index contributed by atoms with van der Waals surface area (Å²) in [5.41, 5.74) is 6.54. The van der Waals surface area contributed by atoms with Crippen molar-refractivity contribution in [2.45, 2.75) is 46.6 Å². The molecule has 0 bridgehead atoms. The topological polar surface area (TPSA) is 77.2 Å². The zero-order valence-electron chi connectivity index (χ0n) is 12.8. The van der Waals surface area contributed by atoms with Crippen molar-refractivity contribution >= 4 is 17.5 Å². The first kappa shape index (κ1) is 16.3. The van der Waals surface area contributed by atoms with Crippen molar-refractivity contribution in [3.05, 3.63) is 17.8 Å². The van der Waals surface area contributed by atoms with E-state index in [0.29, 0.717) is 29.6 Å². The molecule has 5 nitrogen and oxygen atoms in total. The Morgan fingerprint density at radius 1 is 1.40 bits per heavy atom. The number of hydrogen-bond donors (Lipinski definition) is 2. The van der Waals surface area contributed by atoms with E-state index >= 15 is 0 Å². The number of esters is 1. The van der Waals surface area contributed by atoms with Gasteiger partial charge in [0.1, 0.15) is 11.4 Å². The van der Waals surface area contributed by atoms with Crippen LogP contribution in [0.4, 0.5) is 11.5 Å². The van der Waals surface area contributed by atoms with Gasteiger partial charge in [0.25, 0.3) is 0 Å². The van der Waals surface area contributed by atoms with Gasteiger partial charge in [0.2, 0.25) is 0 Å². The van der Waals surface area contributed by atoms with Gasteiger partial charge >= 0.3 is 5.97 Å². The quantitative estimate of drug-likeness (QED) is 0.750. The van der Waals surface area contributed by atoms with Crippen LogP contribution in [0.3, 0.4) is 0 Å². The van der Waals surface area contributed by atoms with E-state index in [1.54, 1.807) is 19.2 Å². The fraction of sp³-hybridized carbons (Fsp3) is 0.600. The highest BCUT2D eigenvalue weighted by molar-refractivity contribution is 5.95. The third-order valence-corrected chi connectivity index (χ3v) is 2.96. The van der Waals surface area contributed by atoms with Gasteiger partial charge in [-0.3, -0.25) is 0 Å². The average Bonchev–Trinajstić information content (AvgIpc) is 2.38. The fourth-order valence-electron chi connectivity index (χ4n) is 1.85. The monoisotopic (exact) mass is 279 g/mol. The van der Waals surface area contributed by atoms with Crippen LogP contribution in [0.2, 0.25) is 0 Å². The molecule has 0 aromatic carbocycles. The van der Waals surface area contributed by atoms with Gasteiger partial charge in [0.05, 0.1) is 18.5 Å². The van der Waals surface area contributed by atoms with Crippen molar-refractivity contribution in [2.75, 3.05) is 17.7 Å². The van der Waals surface area contributed by atoms with E-state index in [1.807, 2.05) is 0 Å². The Labute approximate surface area is 120 Å². The third kappa shape index (κ3) is 5.07. The van der Waals surface area contributed by atoms with E-state index in [0.717, 1.165) is 12.8 Å². The number of carbonyl (C=O) groups excluding carboxylic acids is 1. The van der Waals surface area contributed by atoms with Crippen LogP contribution in [0.5, 0.6) is 0 Å². The van der Waals surface area contributed by atoms with E-state index in [9.17, 15) is 4.79 Å². The second-order valence-electron chi connectivity index (χ2n) is 5.40. The fourth-order valence-corrected chi connectivity index (χ4v) is 1.85. The van der Waals surface area contributed by atoms with E-state index in [4.69, 9.17) is 10.5 Å². The maximum absolute atomic E-state index is 11.9. The number of hydrogen-bond acceptors (Lipinski definition) is 5. The highest BCUT2D eigenvalue weighted by Gasteiger charge is 2.16. The first-order chi connectivity index (χ1) is 9.43. The molecule has 0 radical (unpaired) electrons. The first-order valence-electron chi connectivity index (χ1n) is 7.13. The predicted molar refractivity (Wildman–Crippen MR) is 81.8 cm³/mol. The summed E-state index contributed by atoms with van der Waals surface area (Å²) in [5, 5.41) is 3.26. The average molecular weight is 279 g/mol. The molecule has 1 atom stereocenters. The Morgan fingerprint density at radius 2 is 2.10 bits per heavy atom. The van der Waals surface area contributed by atoms with Gasteiger partial charge < -0.3 is 15.8 Å². The number of nitrogens with one attached hydrogen (secondary N) is 1. The molecular weight excluding hydrogens is 254 g/mol. The normalized spacial score (nSPS) is 12.2. The molecule has 0 fully saturated rings. The van der Waals surface area contributed by atoms with Crippen LogP contribution in [-0.2, 0) is 4.74 Å². The largest absolute Gasteiger partial charge is 0.462 e. The van der Waals surface area contributed by atoms with Gasteiger partial charge in [-0.1, -0.05) is 13.8 Å². The molecule has 112 valence electrons. The zero-order chi connectivity index (χ0) is 15.1. The number of carbonyl (C=O) groups is 1. The van der Waals surface area contributed by atoms with Crippen molar-refractivity contribution in [1.82, 2.24) is 4.98 Å². The molecule has 0 aliphatic rings. The zero-order valence-corrected chi connectivity index (χ0v) is 12.8. The minimum Gasteiger partial charge on any atom is -0.462 e. The summed E-state index contributed by atoms with van der Waals surface area (Å²) in [5.74, 6) is 0.794. The lowest BCUT2D eigenvalue weighted by Gasteiger charge is -2.17. The lowest BCUT2D eigenvalue weighted by atomic mass is 10.0. The standard InChI is InChI=1S/C15H25N3O2/c1-5-20-15(19)13-8-12(16)9-17-14(13)18-11(4)7-6-10(2)3/h8-11H,5-7,16H2,1-4H3,(H,17,18). The Kier molecular flexibility index (Phi) is 6.28. The summed E-state index contributed by atoms with van der Waals surface area (Å²) in [4.78, 5) is 16.1. The Bertz CT molecular complexity index is 447. The number of nitrogens with zero attached hydrogens (tertiary/aromatic N) is 1. The minimum absolute atomic E-state index is 0.238. The van der Waals surface area contributed by atoms with E-state index in [2.05, 4.69) is 31.1 Å². The molecular formula is C15H25N3O2. The molecule has 1 rings (SSSR count). The van der Waals surface area contributed by atoms with Crippen LogP contribution < -0.4 is 11.1 Å². The summed E-state index contributed by atoms with van der Waals surface area (Å²) in [6.45, 7) is 8.57. The van der Waals surface area contributed by atoms with Gasteiger partial charge in [-0.05, 0) is 38.7 Å². The van der Waals surface area contributed by atoms with Crippen LogP contribution in [0.25, 0.3) is 0 Å². The summed E-state index contributed by atoms with van der Waals surface area (Å²) >= 11 is 0. The number of anilines is 2. The summed E-state index contributed by atoms with van der Waals surface area (Å²) in [6.07, 6.45) is 3.68. The van der Waals surface area contributed by atoms with Crippen LogP contribution in [0.1, 0.15) is 50.9 Å². The van der Waals surface area contributed by atoms with Crippen LogP contribution in [-0.4, -0.2) is 23.6 Å². The van der Waals surface area contributed by atoms with Crippen molar-refractivity contribution < 1.29 is 9.53 Å². The number of nitrogens with two attached hydrogens (primary N) is 1. The van der Waals surface area contributed by atoms with E-state index < -0.39 is 5.97 Å². The lowest BCUT2D eigenvalue weighted by molar-refractivity contribution is 0.0527. The highest BCUT2D eigenvalue weighted by atomic mass is 16.5. The third-order valence-electron chi connectivity index (χ3n) is 2.96. The smallest absolute Gasteiger partial charge is 0.341 e. The number of nitrogen functional groups attached to an aromatic ring is 1. The number of pyridine rings is 1. The molecule has 20 heavy (non-hydrogen) atoms. The summed E-state index contributed by atoms with van der Waals surface area (Å²) in [7, 11) is 0. The molecule has 0 saturated heterocycles. The molecule has 5 heteroatoms. The maximum atomic E-state index is 11.9. The van der Waals surface area contributed by atoms with Gasteiger partial charge in [-0.15, -0.1) is 0 Å². The van der Waals surface area contributed by atoms with Gasteiger partial charge in [-0.25, -0.2) is 9.78 Å². The van der Waals surface area contributed by atoms with Gasteiger partial charge in [0, 0.05) is 6.04 Å². The van der Waals surface area contributed by atoms with Crippen LogP contribution >= 0.6 is 0 Å². The van der Waals surface area contributed by atoms with Crippen molar-refractivity contribution in [2.24, 2.45) is 5.92 Å². The van der Waals surface area contributed by atoms with Crippen LogP contribution in [0.15, 0.2) is 12.3 Å². The Morgan fingerprint density at radius 3 is 2.70 bits per heavy atom. The molecule has 0 amide bonds. The lowest BCUT2D eigenvalue weighted by Crippen LogP contribution is -2.20. The highest BCUT2D eigenvalue weighted by Crippen LogP contribution is 2.19. The number of ether oxygens (including phenoxy) is 1. The molecule has 1 aromatic rings. The molecule has 1 unspecified atom stereocenters. The van der Waals surface area contributed by atoms with Gasteiger partial charge in [-0.2, -0.15) is 0 Å². The maximum Gasteiger partial charge on any atom is 0.341 e. The molecule has 0 saturated carbocycles. The van der Waals surface area contributed by atoms with Crippen molar-refractivity contribution in [3.8, 4) is 0 Å². The second kappa shape index (κ2) is 7.72. The molecule has 1 aromatic heterocycles. The summed E-state index contributed by atoms with van der Waals surface area (Å²) < 4.78 is 5.03. The number of rotatable bonds is 7. The molecule has 0 aliphatic carbocycles. The van der Waals surface area contributed by atoms with Gasteiger partial charge in [0.15, 0.2) is 0 Å². The van der Waals surface area contributed by atoms with E-state index in [1.165, 1.54) is 0 Å². The second-order valence-corrected chi connectivity index (χ2v) is 5.40.